The van der Waals surface area contributed by atoms with Gasteiger partial charge < -0.3 is 5.32 Å². The number of hydrogen-bond acceptors (Lipinski definition) is 3. The molecule has 1 N–H and O–H groups in total. The average molecular weight is 228 g/mol. The summed E-state index contributed by atoms with van der Waals surface area (Å²) < 4.78 is 1.85. The van der Waals surface area contributed by atoms with Gasteiger partial charge in [-0.3, -0.25) is 0 Å². The lowest BCUT2D eigenvalue weighted by Crippen LogP contribution is -2.27. The highest BCUT2D eigenvalue weighted by Crippen LogP contribution is 2.13. The Bertz CT molecular complexity index is 548. The predicted molar refractivity (Wildman–Crippen MR) is 66.3 cm³/mol. The van der Waals surface area contributed by atoms with Crippen LogP contribution in [0.3, 0.4) is 0 Å². The van der Waals surface area contributed by atoms with Crippen molar-refractivity contribution in [1.29, 1.82) is 5.26 Å². The Morgan fingerprint density at radius 2 is 2.29 bits per heavy atom. The van der Waals surface area contributed by atoms with Crippen LogP contribution in [0.1, 0.15) is 19.4 Å². The Morgan fingerprint density at radius 1 is 1.47 bits per heavy atom. The van der Waals surface area contributed by atoms with E-state index in [0.717, 1.165) is 17.6 Å². The number of aromatic nitrogens is 2. The molecule has 0 aliphatic rings. The van der Waals surface area contributed by atoms with Gasteiger partial charge in [-0.2, -0.15) is 10.4 Å². The van der Waals surface area contributed by atoms with Crippen molar-refractivity contribution in [3.05, 3.63) is 36.2 Å². The van der Waals surface area contributed by atoms with Gasteiger partial charge in [-0.15, -0.1) is 0 Å². The lowest BCUT2D eigenvalue weighted by atomic mass is 9.96. The van der Waals surface area contributed by atoms with Crippen LogP contribution in [0.5, 0.6) is 0 Å². The summed E-state index contributed by atoms with van der Waals surface area (Å²) in [6.45, 7) is 5.26. The maximum Gasteiger partial charge on any atom is 0.0706 e. The summed E-state index contributed by atoms with van der Waals surface area (Å²) >= 11 is 0. The van der Waals surface area contributed by atoms with E-state index in [-0.39, 0.29) is 5.41 Å². The van der Waals surface area contributed by atoms with E-state index in [1.165, 1.54) is 0 Å². The van der Waals surface area contributed by atoms with E-state index in [9.17, 15) is 0 Å². The molecule has 88 valence electrons. The monoisotopic (exact) mass is 228 g/mol. The fourth-order valence-electron chi connectivity index (χ4n) is 1.67. The number of pyridine rings is 1. The Balaban J connectivity index is 2.03. The second kappa shape index (κ2) is 4.56. The van der Waals surface area contributed by atoms with Crippen molar-refractivity contribution < 1.29 is 0 Å². The van der Waals surface area contributed by atoms with Crippen LogP contribution in [0.4, 0.5) is 0 Å². The second-order valence-electron chi connectivity index (χ2n) is 4.80. The van der Waals surface area contributed by atoms with Gasteiger partial charge in [0.2, 0.25) is 0 Å². The van der Waals surface area contributed by atoms with Crippen LogP contribution in [-0.2, 0) is 6.54 Å². The summed E-state index contributed by atoms with van der Waals surface area (Å²) in [4.78, 5) is 0. The molecule has 0 saturated carbocycles. The van der Waals surface area contributed by atoms with Crippen molar-refractivity contribution >= 4 is 5.52 Å². The first-order valence-corrected chi connectivity index (χ1v) is 5.66. The molecule has 0 fully saturated rings. The SMILES string of the molecule is CC(C)(C#N)CNCc1cnn2ccccc12. The van der Waals surface area contributed by atoms with Crippen LogP contribution in [0.2, 0.25) is 0 Å². The first kappa shape index (κ1) is 11.6. The van der Waals surface area contributed by atoms with Crippen molar-refractivity contribution in [2.75, 3.05) is 6.54 Å². The van der Waals surface area contributed by atoms with Crippen molar-refractivity contribution in [3.8, 4) is 6.07 Å². The fourth-order valence-corrected chi connectivity index (χ4v) is 1.67. The van der Waals surface area contributed by atoms with E-state index in [4.69, 9.17) is 5.26 Å². The number of fused-ring (bicyclic) bond motifs is 1. The van der Waals surface area contributed by atoms with Gasteiger partial charge in [-0.05, 0) is 26.0 Å². The summed E-state index contributed by atoms with van der Waals surface area (Å²) in [5, 5.41) is 16.5. The molecule has 0 amide bonds. The molecule has 0 bridgehead atoms. The van der Waals surface area contributed by atoms with E-state index in [1.807, 2.05) is 49.0 Å². The van der Waals surface area contributed by atoms with Crippen molar-refractivity contribution in [2.24, 2.45) is 5.41 Å². The molecule has 0 radical (unpaired) electrons. The van der Waals surface area contributed by atoms with Gasteiger partial charge in [0.15, 0.2) is 0 Å². The van der Waals surface area contributed by atoms with E-state index in [0.29, 0.717) is 6.54 Å². The lowest BCUT2D eigenvalue weighted by Gasteiger charge is -2.15. The number of rotatable bonds is 4. The molecule has 2 rings (SSSR count). The van der Waals surface area contributed by atoms with E-state index >= 15 is 0 Å². The number of nitrogens with one attached hydrogen (secondary N) is 1. The van der Waals surface area contributed by atoms with E-state index in [1.54, 1.807) is 0 Å². The predicted octanol–water partition coefficient (Wildman–Crippen LogP) is 1.97. The second-order valence-corrected chi connectivity index (χ2v) is 4.80. The topological polar surface area (TPSA) is 53.1 Å². The van der Waals surface area contributed by atoms with Crippen LogP contribution < -0.4 is 5.32 Å². The third-order valence-corrected chi connectivity index (χ3v) is 2.69. The molecule has 0 saturated heterocycles. The highest BCUT2D eigenvalue weighted by Gasteiger charge is 2.15. The molecule has 17 heavy (non-hydrogen) atoms. The molecule has 4 nitrogen and oxygen atoms in total. The number of nitriles is 1. The Hall–Kier alpha value is -1.86. The Morgan fingerprint density at radius 3 is 3.06 bits per heavy atom. The van der Waals surface area contributed by atoms with Crippen LogP contribution in [-0.4, -0.2) is 16.2 Å². The lowest BCUT2D eigenvalue weighted by molar-refractivity contribution is 0.445. The zero-order valence-corrected chi connectivity index (χ0v) is 10.1. The first-order chi connectivity index (χ1) is 8.12. The summed E-state index contributed by atoms with van der Waals surface area (Å²) in [7, 11) is 0. The zero-order valence-electron chi connectivity index (χ0n) is 10.1. The molecule has 2 aromatic rings. The third-order valence-electron chi connectivity index (χ3n) is 2.69. The van der Waals surface area contributed by atoms with Gasteiger partial charge in [0.05, 0.1) is 23.2 Å². The molecule has 2 heterocycles. The minimum atomic E-state index is -0.330. The van der Waals surface area contributed by atoms with Gasteiger partial charge >= 0.3 is 0 Å². The summed E-state index contributed by atoms with van der Waals surface area (Å²) in [6, 6.07) is 8.27. The summed E-state index contributed by atoms with van der Waals surface area (Å²) in [5.74, 6) is 0. The molecule has 2 aromatic heterocycles. The zero-order chi connectivity index (χ0) is 12.3. The quantitative estimate of drug-likeness (QED) is 0.870. The highest BCUT2D eigenvalue weighted by atomic mass is 15.2. The Kier molecular flexibility index (Phi) is 3.12. The van der Waals surface area contributed by atoms with Gasteiger partial charge in [0.25, 0.3) is 0 Å². The molecule has 4 heteroatoms. The molecular weight excluding hydrogens is 212 g/mol. The minimum absolute atomic E-state index is 0.330. The van der Waals surface area contributed by atoms with E-state index in [2.05, 4.69) is 16.5 Å². The van der Waals surface area contributed by atoms with Crippen LogP contribution >= 0.6 is 0 Å². The van der Waals surface area contributed by atoms with Crippen molar-refractivity contribution in [2.45, 2.75) is 20.4 Å². The summed E-state index contributed by atoms with van der Waals surface area (Å²) in [5.41, 5.74) is 1.93. The van der Waals surface area contributed by atoms with Crippen LogP contribution in [0.25, 0.3) is 5.52 Å². The van der Waals surface area contributed by atoms with Crippen LogP contribution in [0.15, 0.2) is 30.6 Å². The normalized spacial score (nSPS) is 11.6. The molecule has 0 aromatic carbocycles. The van der Waals surface area contributed by atoms with Gasteiger partial charge in [-0.25, -0.2) is 4.52 Å². The molecule has 0 unspecified atom stereocenters. The number of hydrogen-bond donors (Lipinski definition) is 1. The minimum Gasteiger partial charge on any atom is -0.311 e. The fraction of sp³-hybridized carbons (Fsp3) is 0.385. The smallest absolute Gasteiger partial charge is 0.0706 e. The van der Waals surface area contributed by atoms with E-state index < -0.39 is 0 Å². The number of nitrogens with zero attached hydrogens (tertiary/aromatic N) is 3. The molecule has 0 aliphatic heterocycles. The molecular formula is C13H16N4. The highest BCUT2D eigenvalue weighted by molar-refractivity contribution is 5.53. The molecule has 0 spiro atoms. The average Bonchev–Trinajstić information content (AvgIpc) is 2.73. The van der Waals surface area contributed by atoms with Gasteiger partial charge in [-0.1, -0.05) is 6.07 Å². The first-order valence-electron chi connectivity index (χ1n) is 5.66. The van der Waals surface area contributed by atoms with Gasteiger partial charge in [0, 0.05) is 24.8 Å². The Labute approximate surface area is 101 Å². The third kappa shape index (κ3) is 2.63. The maximum absolute atomic E-state index is 8.92. The maximum atomic E-state index is 8.92. The standard InChI is InChI=1S/C13H16N4/c1-13(2,9-14)10-15-7-11-8-16-17-6-4-3-5-12(11)17/h3-6,8,15H,7,10H2,1-2H3. The largest absolute Gasteiger partial charge is 0.311 e. The molecule has 0 aliphatic carbocycles. The van der Waals surface area contributed by atoms with Gasteiger partial charge in [0.1, 0.15) is 0 Å². The van der Waals surface area contributed by atoms with Crippen LogP contribution in [0, 0.1) is 16.7 Å². The molecule has 0 atom stereocenters. The van der Waals surface area contributed by atoms with Crippen molar-refractivity contribution in [1.82, 2.24) is 14.9 Å². The summed E-state index contributed by atoms with van der Waals surface area (Å²) in [6.07, 6.45) is 3.79. The van der Waals surface area contributed by atoms with Crippen molar-refractivity contribution in [3.63, 3.8) is 0 Å².